The summed E-state index contributed by atoms with van der Waals surface area (Å²) < 4.78 is 6.31. The van der Waals surface area contributed by atoms with E-state index in [0.717, 1.165) is 17.0 Å². The van der Waals surface area contributed by atoms with Gasteiger partial charge >= 0.3 is 5.97 Å². The van der Waals surface area contributed by atoms with Crippen molar-refractivity contribution in [2.45, 2.75) is 46.1 Å². The van der Waals surface area contributed by atoms with Gasteiger partial charge in [0.2, 0.25) is 5.91 Å². The van der Waals surface area contributed by atoms with Crippen LogP contribution in [0.25, 0.3) is 0 Å². The van der Waals surface area contributed by atoms with Gasteiger partial charge in [-0.3, -0.25) is 14.3 Å². The quantitative estimate of drug-likeness (QED) is 0.723. The lowest BCUT2D eigenvalue weighted by Gasteiger charge is -2.05. The Bertz CT molecular complexity index is 572. The smallest absolute Gasteiger partial charge is 0.307 e. The maximum absolute atomic E-state index is 11.8. The zero-order valence-electron chi connectivity index (χ0n) is 13.3. The lowest BCUT2D eigenvalue weighted by atomic mass is 10.1. The third-order valence-corrected chi connectivity index (χ3v) is 3.45. The van der Waals surface area contributed by atoms with Crippen LogP contribution in [0.5, 0.6) is 0 Å². The van der Waals surface area contributed by atoms with Gasteiger partial charge in [0, 0.05) is 18.7 Å². The van der Waals surface area contributed by atoms with Gasteiger partial charge in [0.15, 0.2) is 0 Å². The molecule has 22 heavy (non-hydrogen) atoms. The first-order chi connectivity index (χ1) is 10.5. The second-order valence-corrected chi connectivity index (χ2v) is 4.96. The van der Waals surface area contributed by atoms with E-state index >= 15 is 0 Å². The summed E-state index contributed by atoms with van der Waals surface area (Å²) in [6, 6.07) is 2.10. The Balaban J connectivity index is 2.47. The van der Waals surface area contributed by atoms with Gasteiger partial charge in [0.05, 0.1) is 38.3 Å². The first kappa shape index (κ1) is 17.7. The standard InChI is InChI=1S/C15H22N4O3/c1-11-13(12(2)19(18-11)10-4-8-16)5-6-14(20)17-9-7-15(21)22-3/h4-7,9-10H2,1-3H3,(H,17,20). The van der Waals surface area contributed by atoms with E-state index in [1.807, 2.05) is 18.5 Å². The number of hydrogen-bond donors (Lipinski definition) is 1. The Hall–Kier alpha value is -2.36. The second-order valence-electron chi connectivity index (χ2n) is 4.96. The number of hydrogen-bond acceptors (Lipinski definition) is 5. The molecule has 120 valence electrons. The number of ether oxygens (including phenoxy) is 1. The molecule has 1 heterocycles. The summed E-state index contributed by atoms with van der Waals surface area (Å²) in [5.74, 6) is -0.446. The van der Waals surface area contributed by atoms with Crippen LogP contribution in [-0.4, -0.2) is 35.3 Å². The third kappa shape index (κ3) is 5.20. The molecule has 0 aliphatic rings. The minimum atomic E-state index is -0.342. The maximum atomic E-state index is 11.8. The highest BCUT2D eigenvalue weighted by molar-refractivity contribution is 5.77. The van der Waals surface area contributed by atoms with E-state index in [9.17, 15) is 9.59 Å². The van der Waals surface area contributed by atoms with Crippen molar-refractivity contribution in [2.75, 3.05) is 13.7 Å². The van der Waals surface area contributed by atoms with E-state index in [4.69, 9.17) is 5.26 Å². The Kier molecular flexibility index (Phi) is 7.09. The molecule has 7 nitrogen and oxygen atoms in total. The van der Waals surface area contributed by atoms with E-state index in [2.05, 4.69) is 21.2 Å². The molecule has 0 aromatic carbocycles. The zero-order chi connectivity index (χ0) is 16.5. The van der Waals surface area contributed by atoms with Crippen molar-refractivity contribution in [1.82, 2.24) is 15.1 Å². The minimum absolute atomic E-state index is 0.104. The molecule has 1 aromatic heterocycles. The number of carbonyl (C=O) groups is 2. The Morgan fingerprint density at radius 1 is 1.36 bits per heavy atom. The number of nitrogens with zero attached hydrogens (tertiary/aromatic N) is 3. The van der Waals surface area contributed by atoms with Crippen LogP contribution in [0.15, 0.2) is 0 Å². The molecule has 0 aliphatic heterocycles. The Morgan fingerprint density at radius 3 is 2.73 bits per heavy atom. The molecule has 0 saturated heterocycles. The van der Waals surface area contributed by atoms with Crippen molar-refractivity contribution in [3.05, 3.63) is 17.0 Å². The highest BCUT2D eigenvalue weighted by Crippen LogP contribution is 2.15. The van der Waals surface area contributed by atoms with Crippen molar-refractivity contribution in [1.29, 1.82) is 5.26 Å². The number of methoxy groups -OCH3 is 1. The van der Waals surface area contributed by atoms with Crippen molar-refractivity contribution >= 4 is 11.9 Å². The number of aromatic nitrogens is 2. The van der Waals surface area contributed by atoms with Crippen molar-refractivity contribution in [3.63, 3.8) is 0 Å². The summed E-state index contributed by atoms with van der Waals surface area (Å²) in [5, 5.41) is 15.7. The van der Waals surface area contributed by atoms with E-state index in [-0.39, 0.29) is 24.8 Å². The lowest BCUT2D eigenvalue weighted by Crippen LogP contribution is -2.26. The third-order valence-electron chi connectivity index (χ3n) is 3.45. The molecule has 0 spiro atoms. The number of esters is 1. The van der Waals surface area contributed by atoms with Crippen LogP contribution in [0.4, 0.5) is 0 Å². The normalized spacial score (nSPS) is 10.1. The molecule has 0 radical (unpaired) electrons. The largest absolute Gasteiger partial charge is 0.469 e. The molecule has 0 unspecified atom stereocenters. The van der Waals surface area contributed by atoms with Gasteiger partial charge in [0.1, 0.15) is 0 Å². The van der Waals surface area contributed by atoms with E-state index in [1.165, 1.54) is 7.11 Å². The summed E-state index contributed by atoms with van der Waals surface area (Å²) in [6.07, 6.45) is 1.52. The van der Waals surface area contributed by atoms with E-state index in [0.29, 0.717) is 25.8 Å². The average molecular weight is 306 g/mol. The van der Waals surface area contributed by atoms with E-state index in [1.54, 1.807) is 0 Å². The summed E-state index contributed by atoms with van der Waals surface area (Å²) >= 11 is 0. The molecular formula is C15H22N4O3. The predicted molar refractivity (Wildman–Crippen MR) is 79.9 cm³/mol. The van der Waals surface area contributed by atoms with Crippen molar-refractivity contribution in [3.8, 4) is 6.07 Å². The van der Waals surface area contributed by atoms with Crippen LogP contribution in [0, 0.1) is 25.2 Å². The Labute approximate surface area is 130 Å². The highest BCUT2D eigenvalue weighted by Gasteiger charge is 2.13. The fourth-order valence-electron chi connectivity index (χ4n) is 2.20. The van der Waals surface area contributed by atoms with Crippen LogP contribution < -0.4 is 5.32 Å². The Morgan fingerprint density at radius 2 is 2.09 bits per heavy atom. The van der Waals surface area contributed by atoms with Crippen LogP contribution in [0.1, 0.15) is 36.2 Å². The molecule has 0 saturated carbocycles. The van der Waals surface area contributed by atoms with Crippen molar-refractivity contribution in [2.24, 2.45) is 0 Å². The molecule has 0 bridgehead atoms. The summed E-state index contributed by atoms with van der Waals surface area (Å²) in [6.45, 7) is 4.70. The second kappa shape index (κ2) is 8.82. The highest BCUT2D eigenvalue weighted by atomic mass is 16.5. The van der Waals surface area contributed by atoms with E-state index < -0.39 is 0 Å². The lowest BCUT2D eigenvalue weighted by molar-refractivity contribution is -0.140. The molecule has 1 N–H and O–H groups in total. The monoisotopic (exact) mass is 306 g/mol. The first-order valence-corrected chi connectivity index (χ1v) is 7.23. The molecule has 1 amide bonds. The minimum Gasteiger partial charge on any atom is -0.469 e. The number of aryl methyl sites for hydroxylation is 2. The predicted octanol–water partition coefficient (Wildman–Crippen LogP) is 1.03. The van der Waals surface area contributed by atoms with Crippen molar-refractivity contribution < 1.29 is 14.3 Å². The molecule has 0 fully saturated rings. The summed E-state index contributed by atoms with van der Waals surface area (Å²) in [7, 11) is 1.32. The number of rotatable bonds is 8. The zero-order valence-corrected chi connectivity index (χ0v) is 13.3. The van der Waals surface area contributed by atoms with Gasteiger partial charge in [-0.2, -0.15) is 10.4 Å². The molecule has 0 aliphatic carbocycles. The topological polar surface area (TPSA) is 97.0 Å². The number of nitriles is 1. The van der Waals surface area contributed by atoms with Gasteiger partial charge in [-0.25, -0.2) is 0 Å². The number of nitrogens with one attached hydrogen (secondary N) is 1. The van der Waals surface area contributed by atoms with Gasteiger partial charge in [-0.15, -0.1) is 0 Å². The summed E-state index contributed by atoms with van der Waals surface area (Å²) in [4.78, 5) is 22.7. The number of carbonyl (C=O) groups excluding carboxylic acids is 2. The molecule has 1 rings (SSSR count). The fraction of sp³-hybridized carbons (Fsp3) is 0.600. The molecule has 0 atom stereocenters. The van der Waals surface area contributed by atoms with Crippen LogP contribution in [0.2, 0.25) is 0 Å². The molecule has 1 aromatic rings. The molecular weight excluding hydrogens is 284 g/mol. The SMILES string of the molecule is COC(=O)CCNC(=O)CCc1c(C)nn(CCC#N)c1C. The van der Waals surface area contributed by atoms with Gasteiger partial charge < -0.3 is 10.1 Å². The fourth-order valence-corrected chi connectivity index (χ4v) is 2.20. The molecule has 7 heteroatoms. The summed E-state index contributed by atoms with van der Waals surface area (Å²) in [5.41, 5.74) is 2.92. The van der Waals surface area contributed by atoms with Gasteiger partial charge in [-0.05, 0) is 25.8 Å². The first-order valence-electron chi connectivity index (χ1n) is 7.23. The van der Waals surface area contributed by atoms with Gasteiger partial charge in [-0.1, -0.05) is 0 Å². The van der Waals surface area contributed by atoms with Crippen LogP contribution in [-0.2, 0) is 27.3 Å². The van der Waals surface area contributed by atoms with Gasteiger partial charge in [0.25, 0.3) is 0 Å². The average Bonchev–Trinajstić information content (AvgIpc) is 2.77. The number of amides is 1. The maximum Gasteiger partial charge on any atom is 0.307 e. The van der Waals surface area contributed by atoms with Crippen LogP contribution >= 0.6 is 0 Å². The van der Waals surface area contributed by atoms with Crippen LogP contribution in [0.3, 0.4) is 0 Å².